The second-order valence-corrected chi connectivity index (χ2v) is 6.29. The van der Waals surface area contributed by atoms with Crippen LogP contribution >= 0.6 is 0 Å². The van der Waals surface area contributed by atoms with Gasteiger partial charge in [-0.1, -0.05) is 0 Å². The monoisotopic (exact) mass is 239 g/mol. The van der Waals surface area contributed by atoms with Crippen LogP contribution in [-0.4, -0.2) is 63.2 Å². The highest BCUT2D eigenvalue weighted by atomic mass is 15.1. The fraction of sp³-hybridized carbons (Fsp3) is 1.00. The van der Waals surface area contributed by atoms with Gasteiger partial charge in [-0.15, -0.1) is 0 Å². The average molecular weight is 239 g/mol. The van der Waals surface area contributed by atoms with E-state index in [4.69, 9.17) is 0 Å². The van der Waals surface area contributed by atoms with Gasteiger partial charge in [-0.2, -0.15) is 0 Å². The van der Waals surface area contributed by atoms with Gasteiger partial charge in [0.1, 0.15) is 0 Å². The lowest BCUT2D eigenvalue weighted by Gasteiger charge is -2.39. The third-order valence-corrected chi connectivity index (χ3v) is 4.61. The summed E-state index contributed by atoms with van der Waals surface area (Å²) < 4.78 is 0. The van der Waals surface area contributed by atoms with Crippen LogP contribution in [0.5, 0.6) is 0 Å². The quantitative estimate of drug-likeness (QED) is 0.797. The molecule has 3 unspecified atom stereocenters. The van der Waals surface area contributed by atoms with Crippen molar-refractivity contribution in [2.24, 2.45) is 11.8 Å². The SMILES string of the molecule is CN1CCCC(C(CC2CCNC2)N(C)C)C1. The number of nitrogens with one attached hydrogen (secondary N) is 1. The number of nitrogens with zero attached hydrogens (tertiary/aromatic N) is 2. The maximum Gasteiger partial charge on any atom is 0.0133 e. The van der Waals surface area contributed by atoms with E-state index in [0.29, 0.717) is 0 Å². The molecule has 0 spiro atoms. The van der Waals surface area contributed by atoms with Gasteiger partial charge in [-0.05, 0) is 78.3 Å². The first-order valence-electron chi connectivity index (χ1n) is 7.22. The van der Waals surface area contributed by atoms with Gasteiger partial charge in [-0.3, -0.25) is 0 Å². The summed E-state index contributed by atoms with van der Waals surface area (Å²) in [4.78, 5) is 4.99. The molecule has 2 aliphatic rings. The van der Waals surface area contributed by atoms with Crippen molar-refractivity contribution >= 4 is 0 Å². The minimum Gasteiger partial charge on any atom is -0.316 e. The van der Waals surface area contributed by atoms with Gasteiger partial charge in [0.05, 0.1) is 0 Å². The number of hydrogen-bond donors (Lipinski definition) is 1. The molecular formula is C14H29N3. The Morgan fingerprint density at radius 3 is 2.76 bits per heavy atom. The van der Waals surface area contributed by atoms with E-state index in [9.17, 15) is 0 Å². The Hall–Kier alpha value is -0.120. The van der Waals surface area contributed by atoms with Gasteiger partial charge < -0.3 is 15.1 Å². The summed E-state index contributed by atoms with van der Waals surface area (Å²) in [7, 11) is 6.80. The summed E-state index contributed by atoms with van der Waals surface area (Å²) in [6.07, 6.45) is 5.58. The Morgan fingerprint density at radius 2 is 2.18 bits per heavy atom. The predicted molar refractivity (Wildman–Crippen MR) is 73.3 cm³/mol. The molecule has 0 aromatic heterocycles. The van der Waals surface area contributed by atoms with Gasteiger partial charge in [0.25, 0.3) is 0 Å². The molecule has 2 heterocycles. The van der Waals surface area contributed by atoms with Crippen molar-refractivity contribution in [3.05, 3.63) is 0 Å². The van der Waals surface area contributed by atoms with E-state index in [2.05, 4.69) is 36.3 Å². The second-order valence-electron chi connectivity index (χ2n) is 6.29. The fourth-order valence-corrected chi connectivity index (χ4v) is 3.60. The summed E-state index contributed by atoms with van der Waals surface area (Å²) in [5.41, 5.74) is 0. The molecule has 2 fully saturated rings. The lowest BCUT2D eigenvalue weighted by Crippen LogP contribution is -2.45. The minimum atomic E-state index is 0.780. The largest absolute Gasteiger partial charge is 0.316 e. The highest BCUT2D eigenvalue weighted by molar-refractivity contribution is 4.85. The van der Waals surface area contributed by atoms with Crippen LogP contribution in [0.2, 0.25) is 0 Å². The van der Waals surface area contributed by atoms with E-state index in [1.807, 2.05) is 0 Å². The summed E-state index contributed by atoms with van der Waals surface area (Å²) in [6.45, 7) is 5.06. The standard InChI is InChI=1S/C14H29N3/c1-16(2)14(9-12-6-7-15-10-12)13-5-4-8-17(3)11-13/h12-15H,4-11H2,1-3H3. The number of piperidine rings is 1. The first kappa shape index (κ1) is 13.3. The molecule has 0 radical (unpaired) electrons. The van der Waals surface area contributed by atoms with E-state index >= 15 is 0 Å². The van der Waals surface area contributed by atoms with Crippen molar-refractivity contribution in [2.75, 3.05) is 47.3 Å². The maximum absolute atomic E-state index is 3.50. The molecule has 2 saturated heterocycles. The van der Waals surface area contributed by atoms with Crippen molar-refractivity contribution in [3.63, 3.8) is 0 Å². The highest BCUT2D eigenvalue weighted by Gasteiger charge is 2.30. The van der Waals surface area contributed by atoms with Crippen LogP contribution in [0.15, 0.2) is 0 Å². The van der Waals surface area contributed by atoms with Gasteiger partial charge >= 0.3 is 0 Å². The van der Waals surface area contributed by atoms with Crippen molar-refractivity contribution in [1.29, 1.82) is 0 Å². The Bertz CT molecular complexity index is 224. The molecule has 17 heavy (non-hydrogen) atoms. The van der Waals surface area contributed by atoms with E-state index in [1.165, 1.54) is 51.9 Å². The molecular weight excluding hydrogens is 210 g/mol. The van der Waals surface area contributed by atoms with Crippen molar-refractivity contribution in [3.8, 4) is 0 Å². The van der Waals surface area contributed by atoms with E-state index in [-0.39, 0.29) is 0 Å². The van der Waals surface area contributed by atoms with Crippen molar-refractivity contribution in [2.45, 2.75) is 31.7 Å². The first-order valence-corrected chi connectivity index (χ1v) is 7.22. The Kier molecular flexibility index (Phi) is 4.83. The molecule has 0 amide bonds. The topological polar surface area (TPSA) is 18.5 Å². The predicted octanol–water partition coefficient (Wildman–Crippen LogP) is 1.26. The summed E-state index contributed by atoms with van der Waals surface area (Å²) in [6, 6.07) is 0.780. The lowest BCUT2D eigenvalue weighted by atomic mass is 9.84. The first-order chi connectivity index (χ1) is 8.16. The van der Waals surface area contributed by atoms with Crippen LogP contribution in [0.4, 0.5) is 0 Å². The van der Waals surface area contributed by atoms with E-state index in [0.717, 1.165) is 17.9 Å². The summed E-state index contributed by atoms with van der Waals surface area (Å²) in [5.74, 6) is 1.79. The molecule has 0 aliphatic carbocycles. The molecule has 2 rings (SSSR count). The average Bonchev–Trinajstić information content (AvgIpc) is 2.78. The van der Waals surface area contributed by atoms with Crippen LogP contribution < -0.4 is 5.32 Å². The van der Waals surface area contributed by atoms with Gasteiger partial charge in [-0.25, -0.2) is 0 Å². The molecule has 3 nitrogen and oxygen atoms in total. The normalized spacial score (nSPS) is 33.2. The number of rotatable bonds is 4. The zero-order valence-corrected chi connectivity index (χ0v) is 11.8. The number of likely N-dealkylation sites (tertiary alicyclic amines) is 1. The molecule has 0 bridgehead atoms. The van der Waals surface area contributed by atoms with Crippen LogP contribution in [-0.2, 0) is 0 Å². The van der Waals surface area contributed by atoms with Crippen LogP contribution in [0.1, 0.15) is 25.7 Å². The smallest absolute Gasteiger partial charge is 0.0133 e. The Labute approximate surface area is 107 Å². The fourth-order valence-electron chi connectivity index (χ4n) is 3.60. The van der Waals surface area contributed by atoms with Crippen LogP contribution in [0.25, 0.3) is 0 Å². The van der Waals surface area contributed by atoms with E-state index < -0.39 is 0 Å². The van der Waals surface area contributed by atoms with Gasteiger partial charge in [0, 0.05) is 12.6 Å². The summed E-state index contributed by atoms with van der Waals surface area (Å²) >= 11 is 0. The minimum absolute atomic E-state index is 0.780. The zero-order valence-electron chi connectivity index (χ0n) is 11.8. The molecule has 1 N–H and O–H groups in total. The Morgan fingerprint density at radius 1 is 1.35 bits per heavy atom. The van der Waals surface area contributed by atoms with Gasteiger partial charge in [0.15, 0.2) is 0 Å². The number of hydrogen-bond acceptors (Lipinski definition) is 3. The molecule has 100 valence electrons. The maximum atomic E-state index is 3.50. The van der Waals surface area contributed by atoms with Crippen LogP contribution in [0.3, 0.4) is 0 Å². The van der Waals surface area contributed by atoms with Gasteiger partial charge in [0.2, 0.25) is 0 Å². The van der Waals surface area contributed by atoms with E-state index in [1.54, 1.807) is 0 Å². The lowest BCUT2D eigenvalue weighted by molar-refractivity contribution is 0.106. The molecule has 0 saturated carbocycles. The van der Waals surface area contributed by atoms with Crippen molar-refractivity contribution in [1.82, 2.24) is 15.1 Å². The highest BCUT2D eigenvalue weighted by Crippen LogP contribution is 2.27. The molecule has 3 atom stereocenters. The molecule has 0 aromatic rings. The zero-order chi connectivity index (χ0) is 12.3. The molecule has 0 aromatic carbocycles. The third kappa shape index (κ3) is 3.67. The van der Waals surface area contributed by atoms with Crippen molar-refractivity contribution < 1.29 is 0 Å². The summed E-state index contributed by atoms with van der Waals surface area (Å²) in [5, 5.41) is 3.50. The Balaban J connectivity index is 1.90. The molecule has 2 aliphatic heterocycles. The second kappa shape index (κ2) is 6.17. The molecule has 3 heteroatoms. The third-order valence-electron chi connectivity index (χ3n) is 4.61. The van der Waals surface area contributed by atoms with Crippen LogP contribution in [0, 0.1) is 11.8 Å².